The van der Waals surface area contributed by atoms with Gasteiger partial charge in [-0.1, -0.05) is 18.2 Å². The fraction of sp³-hybridized carbons (Fsp3) is 0.188. The summed E-state index contributed by atoms with van der Waals surface area (Å²) in [5, 5.41) is 8.72. The van der Waals surface area contributed by atoms with Crippen LogP contribution < -0.4 is 4.74 Å². The van der Waals surface area contributed by atoms with Gasteiger partial charge in [-0.15, -0.1) is 11.8 Å². The molecule has 0 unspecified atom stereocenters. The quantitative estimate of drug-likeness (QED) is 0.606. The van der Waals surface area contributed by atoms with Crippen molar-refractivity contribution in [3.63, 3.8) is 0 Å². The lowest BCUT2D eigenvalue weighted by Gasteiger charge is -2.08. The van der Waals surface area contributed by atoms with Gasteiger partial charge in [-0.2, -0.15) is 5.26 Å². The minimum absolute atomic E-state index is 0.676. The largest absolute Gasteiger partial charge is 0.492 e. The van der Waals surface area contributed by atoms with E-state index < -0.39 is 0 Å². The highest BCUT2D eigenvalue weighted by molar-refractivity contribution is 7.99. The lowest BCUT2D eigenvalue weighted by atomic mass is 10.2. The van der Waals surface area contributed by atoms with E-state index >= 15 is 0 Å². The fourth-order valence-electron chi connectivity index (χ4n) is 1.66. The van der Waals surface area contributed by atoms with Gasteiger partial charge in [0.15, 0.2) is 0 Å². The molecule has 2 aromatic rings. The Morgan fingerprint density at radius 3 is 2.53 bits per heavy atom. The Morgan fingerprint density at radius 2 is 1.84 bits per heavy atom. The monoisotopic (exact) mass is 269 g/mol. The summed E-state index contributed by atoms with van der Waals surface area (Å²) in [6.07, 6.45) is 0. The molecular formula is C16H15NOS. The fourth-order valence-corrected chi connectivity index (χ4v) is 2.39. The Kier molecular flexibility index (Phi) is 4.88. The second-order valence-corrected chi connectivity index (χ2v) is 5.27. The molecule has 0 heterocycles. The summed E-state index contributed by atoms with van der Waals surface area (Å²) in [5.41, 5.74) is 1.85. The zero-order valence-corrected chi connectivity index (χ0v) is 11.6. The van der Waals surface area contributed by atoms with Gasteiger partial charge in [0.1, 0.15) is 5.75 Å². The maximum Gasteiger partial charge on any atom is 0.122 e. The van der Waals surface area contributed by atoms with Crippen LogP contribution in [0.1, 0.15) is 11.1 Å². The lowest BCUT2D eigenvalue weighted by molar-refractivity contribution is 0.341. The zero-order valence-electron chi connectivity index (χ0n) is 10.8. The van der Waals surface area contributed by atoms with E-state index in [2.05, 4.69) is 6.07 Å². The van der Waals surface area contributed by atoms with E-state index in [1.165, 1.54) is 0 Å². The summed E-state index contributed by atoms with van der Waals surface area (Å²) in [4.78, 5) is 1.16. The second-order valence-electron chi connectivity index (χ2n) is 4.10. The third kappa shape index (κ3) is 4.04. The molecule has 0 radical (unpaired) electrons. The summed E-state index contributed by atoms with van der Waals surface area (Å²) in [6, 6.07) is 17.8. The molecule has 0 N–H and O–H groups in total. The van der Waals surface area contributed by atoms with Crippen molar-refractivity contribution in [3.05, 3.63) is 59.7 Å². The van der Waals surface area contributed by atoms with Crippen LogP contribution in [0.5, 0.6) is 5.75 Å². The summed E-state index contributed by atoms with van der Waals surface area (Å²) in [7, 11) is 0. The number of nitrogens with zero attached hydrogens (tertiary/aromatic N) is 1. The van der Waals surface area contributed by atoms with Crippen LogP contribution in [0.15, 0.2) is 53.4 Å². The van der Waals surface area contributed by atoms with Gasteiger partial charge >= 0.3 is 0 Å². The molecule has 0 aliphatic carbocycles. The maximum atomic E-state index is 8.72. The van der Waals surface area contributed by atoms with Gasteiger partial charge in [-0.05, 0) is 42.8 Å². The number of hydrogen-bond donors (Lipinski definition) is 0. The number of rotatable bonds is 5. The molecule has 0 atom stereocenters. The van der Waals surface area contributed by atoms with E-state index in [-0.39, 0.29) is 0 Å². The zero-order chi connectivity index (χ0) is 13.5. The number of benzene rings is 2. The number of thioether (sulfide) groups is 1. The molecule has 0 aliphatic rings. The smallest absolute Gasteiger partial charge is 0.122 e. The van der Waals surface area contributed by atoms with Crippen LogP contribution in [0.2, 0.25) is 0 Å². The highest BCUT2D eigenvalue weighted by Crippen LogP contribution is 2.20. The van der Waals surface area contributed by atoms with E-state index in [0.717, 1.165) is 22.0 Å². The van der Waals surface area contributed by atoms with Gasteiger partial charge in [0.2, 0.25) is 0 Å². The van der Waals surface area contributed by atoms with Gasteiger partial charge in [0, 0.05) is 10.6 Å². The molecule has 96 valence electrons. The molecule has 2 nitrogen and oxygen atoms in total. The average molecular weight is 269 g/mol. The van der Waals surface area contributed by atoms with E-state index in [9.17, 15) is 0 Å². The van der Waals surface area contributed by atoms with Crippen molar-refractivity contribution in [2.24, 2.45) is 0 Å². The topological polar surface area (TPSA) is 33.0 Å². The third-order valence-corrected chi connectivity index (χ3v) is 3.66. The standard InChI is InChI=1S/C16H15NOS/c1-13-4-2-3-5-16(13)18-10-11-19-15-8-6-14(12-17)7-9-15/h2-9H,10-11H2,1H3. The summed E-state index contributed by atoms with van der Waals surface area (Å²) in [6.45, 7) is 2.72. The first-order chi connectivity index (χ1) is 9.29. The Bertz CT molecular complexity index is 572. The van der Waals surface area contributed by atoms with Crippen LogP contribution in [0, 0.1) is 18.3 Å². The first kappa shape index (κ1) is 13.5. The number of nitriles is 1. The third-order valence-electron chi connectivity index (χ3n) is 2.69. The number of para-hydroxylation sites is 1. The predicted octanol–water partition coefficient (Wildman–Crippen LogP) is 4.04. The molecule has 0 bridgehead atoms. The first-order valence-corrected chi connectivity index (χ1v) is 7.09. The predicted molar refractivity (Wildman–Crippen MR) is 78.6 cm³/mol. The van der Waals surface area contributed by atoms with Crippen LogP contribution >= 0.6 is 11.8 Å². The van der Waals surface area contributed by atoms with Crippen molar-refractivity contribution in [2.75, 3.05) is 12.4 Å². The van der Waals surface area contributed by atoms with Crippen LogP contribution in [-0.2, 0) is 0 Å². The number of ether oxygens (including phenoxy) is 1. The molecule has 0 amide bonds. The minimum atomic E-state index is 0.676. The molecule has 0 aromatic heterocycles. The highest BCUT2D eigenvalue weighted by Gasteiger charge is 1.99. The second kappa shape index (κ2) is 6.86. The van der Waals surface area contributed by atoms with Gasteiger partial charge in [0.05, 0.1) is 18.2 Å². The highest BCUT2D eigenvalue weighted by atomic mass is 32.2. The Balaban J connectivity index is 1.78. The van der Waals surface area contributed by atoms with Gasteiger partial charge in [0.25, 0.3) is 0 Å². The SMILES string of the molecule is Cc1ccccc1OCCSc1ccc(C#N)cc1. The molecule has 0 spiro atoms. The summed E-state index contributed by atoms with van der Waals surface area (Å²) < 4.78 is 5.73. The molecule has 0 fully saturated rings. The molecular weight excluding hydrogens is 254 g/mol. The number of hydrogen-bond acceptors (Lipinski definition) is 3. The average Bonchev–Trinajstić information content (AvgIpc) is 2.46. The van der Waals surface area contributed by atoms with Crippen molar-refractivity contribution < 1.29 is 4.74 Å². The lowest BCUT2D eigenvalue weighted by Crippen LogP contribution is -2.01. The number of aryl methyl sites for hydroxylation is 1. The Morgan fingerprint density at radius 1 is 1.11 bits per heavy atom. The molecule has 19 heavy (non-hydrogen) atoms. The van der Waals surface area contributed by atoms with E-state index in [0.29, 0.717) is 12.2 Å². The molecule has 2 aromatic carbocycles. The minimum Gasteiger partial charge on any atom is -0.492 e. The van der Waals surface area contributed by atoms with E-state index in [4.69, 9.17) is 10.00 Å². The normalized spacial score (nSPS) is 9.89. The van der Waals surface area contributed by atoms with Crippen molar-refractivity contribution in [1.29, 1.82) is 5.26 Å². The molecule has 0 saturated carbocycles. The van der Waals surface area contributed by atoms with E-state index in [1.807, 2.05) is 55.5 Å². The summed E-state index contributed by atoms with van der Waals surface area (Å²) in [5.74, 6) is 1.84. The van der Waals surface area contributed by atoms with Crippen molar-refractivity contribution in [3.8, 4) is 11.8 Å². The van der Waals surface area contributed by atoms with Crippen LogP contribution in [0.3, 0.4) is 0 Å². The van der Waals surface area contributed by atoms with Gasteiger partial charge in [-0.3, -0.25) is 0 Å². The molecule has 0 aliphatic heterocycles. The van der Waals surface area contributed by atoms with E-state index in [1.54, 1.807) is 11.8 Å². The molecule has 3 heteroatoms. The van der Waals surface area contributed by atoms with Crippen LogP contribution in [0.4, 0.5) is 0 Å². The van der Waals surface area contributed by atoms with Gasteiger partial charge < -0.3 is 4.74 Å². The van der Waals surface area contributed by atoms with Gasteiger partial charge in [-0.25, -0.2) is 0 Å². The van der Waals surface area contributed by atoms with Crippen molar-refractivity contribution in [2.45, 2.75) is 11.8 Å². The van der Waals surface area contributed by atoms with Crippen molar-refractivity contribution in [1.82, 2.24) is 0 Å². The van der Waals surface area contributed by atoms with Crippen LogP contribution in [-0.4, -0.2) is 12.4 Å². The first-order valence-electron chi connectivity index (χ1n) is 6.11. The van der Waals surface area contributed by atoms with Crippen molar-refractivity contribution >= 4 is 11.8 Å². The molecule has 0 saturated heterocycles. The Hall–Kier alpha value is -1.92. The maximum absolute atomic E-state index is 8.72. The summed E-state index contributed by atoms with van der Waals surface area (Å²) >= 11 is 1.73. The van der Waals surface area contributed by atoms with Crippen LogP contribution in [0.25, 0.3) is 0 Å². The molecule has 2 rings (SSSR count). The Labute approximate surface area is 118 Å².